The maximum Gasteiger partial charge on any atom is 0.216 e. The van der Waals surface area contributed by atoms with Crippen LogP contribution in [0.15, 0.2) is 0 Å². The second-order valence-electron chi connectivity index (χ2n) is 2.58. The van der Waals surface area contributed by atoms with Crippen molar-refractivity contribution in [2.75, 3.05) is 26.3 Å². The molecule has 0 spiro atoms. The van der Waals surface area contributed by atoms with E-state index in [1.54, 1.807) is 0 Å². The van der Waals surface area contributed by atoms with Gasteiger partial charge in [0, 0.05) is 26.9 Å². The summed E-state index contributed by atoms with van der Waals surface area (Å²) in [6, 6.07) is 0. The quantitative estimate of drug-likeness (QED) is 0.630. The highest BCUT2D eigenvalue weighted by molar-refractivity contribution is 5.73. The molecule has 0 unspecified atom stereocenters. The molecular weight excluding hydrogens is 196 g/mol. The van der Waals surface area contributed by atoms with Gasteiger partial charge < -0.3 is 15.4 Å². The molecule has 0 aliphatic rings. The molecule has 0 heterocycles. The van der Waals surface area contributed by atoms with Crippen LogP contribution >= 0.6 is 0 Å². The van der Waals surface area contributed by atoms with Gasteiger partial charge in [0.2, 0.25) is 11.8 Å². The van der Waals surface area contributed by atoms with Gasteiger partial charge in [-0.2, -0.15) is 0 Å². The Bertz CT molecular complexity index is 154. The van der Waals surface area contributed by atoms with Crippen molar-refractivity contribution in [3.05, 3.63) is 0 Å². The van der Waals surface area contributed by atoms with Gasteiger partial charge in [-0.25, -0.2) is 0 Å². The van der Waals surface area contributed by atoms with Crippen LogP contribution in [0.1, 0.15) is 27.7 Å². The van der Waals surface area contributed by atoms with Gasteiger partial charge in [-0.15, -0.1) is 0 Å². The van der Waals surface area contributed by atoms with Crippen LogP contribution in [-0.2, 0) is 14.3 Å². The zero-order valence-electron chi connectivity index (χ0n) is 10.1. The smallest absolute Gasteiger partial charge is 0.216 e. The summed E-state index contributed by atoms with van der Waals surface area (Å²) in [5.41, 5.74) is 0. The fraction of sp³-hybridized carbons (Fsp3) is 0.800. The Morgan fingerprint density at radius 3 is 1.53 bits per heavy atom. The van der Waals surface area contributed by atoms with E-state index < -0.39 is 0 Å². The predicted molar refractivity (Wildman–Crippen MR) is 59.5 cm³/mol. The predicted octanol–water partition coefficient (Wildman–Crippen LogP) is 0.301. The highest BCUT2D eigenvalue weighted by Gasteiger charge is 1.92. The highest BCUT2D eigenvalue weighted by atomic mass is 16.5. The molecule has 0 aromatic carbocycles. The lowest BCUT2D eigenvalue weighted by Crippen LogP contribution is -2.27. The van der Waals surface area contributed by atoms with Crippen LogP contribution in [0.4, 0.5) is 0 Å². The average Bonchev–Trinajstić information content (AvgIpc) is 2.18. The largest absolute Gasteiger partial charge is 0.378 e. The van der Waals surface area contributed by atoms with E-state index in [9.17, 15) is 9.59 Å². The molecule has 0 radical (unpaired) electrons. The number of nitrogens with one attached hydrogen (secondary N) is 2. The van der Waals surface area contributed by atoms with E-state index >= 15 is 0 Å². The molecule has 0 rings (SSSR count). The zero-order chi connectivity index (χ0) is 12.1. The molecule has 0 aliphatic heterocycles. The first-order valence-electron chi connectivity index (χ1n) is 5.19. The lowest BCUT2D eigenvalue weighted by molar-refractivity contribution is -0.119. The number of carbonyl (C=O) groups is 2. The molecule has 0 aliphatic carbocycles. The first kappa shape index (κ1) is 16.3. The SMILES string of the molecule is CC.CC(=O)NCCOCCNC(C)=O. The van der Waals surface area contributed by atoms with Gasteiger partial charge in [-0.3, -0.25) is 9.59 Å². The third kappa shape index (κ3) is 19.3. The molecule has 0 saturated heterocycles. The number of rotatable bonds is 6. The Kier molecular flexibility index (Phi) is 14.0. The van der Waals surface area contributed by atoms with Gasteiger partial charge in [0.05, 0.1) is 13.2 Å². The number of carbonyl (C=O) groups excluding carboxylic acids is 2. The van der Waals surface area contributed by atoms with Crippen LogP contribution in [0.3, 0.4) is 0 Å². The van der Waals surface area contributed by atoms with Crippen LogP contribution in [0, 0.1) is 0 Å². The van der Waals surface area contributed by atoms with Gasteiger partial charge >= 0.3 is 0 Å². The van der Waals surface area contributed by atoms with Gasteiger partial charge in [0.25, 0.3) is 0 Å². The Labute approximate surface area is 91.6 Å². The number of ether oxygens (including phenoxy) is 1. The number of hydrogen-bond donors (Lipinski definition) is 2. The average molecular weight is 218 g/mol. The van der Waals surface area contributed by atoms with E-state index in [-0.39, 0.29) is 11.8 Å². The van der Waals surface area contributed by atoms with Crippen LogP contribution in [0.5, 0.6) is 0 Å². The minimum absolute atomic E-state index is 0.0644. The van der Waals surface area contributed by atoms with Gasteiger partial charge in [0.15, 0.2) is 0 Å². The first-order valence-corrected chi connectivity index (χ1v) is 5.19. The summed E-state index contributed by atoms with van der Waals surface area (Å²) in [7, 11) is 0. The first-order chi connectivity index (χ1) is 7.13. The Hall–Kier alpha value is -1.10. The van der Waals surface area contributed by atoms with E-state index in [0.717, 1.165) is 0 Å². The second kappa shape index (κ2) is 12.9. The summed E-state index contributed by atoms with van der Waals surface area (Å²) in [5, 5.41) is 5.19. The van der Waals surface area contributed by atoms with E-state index in [0.29, 0.717) is 26.3 Å². The van der Waals surface area contributed by atoms with Crippen LogP contribution in [0.2, 0.25) is 0 Å². The minimum Gasteiger partial charge on any atom is -0.378 e. The summed E-state index contributed by atoms with van der Waals surface area (Å²) < 4.78 is 5.10. The summed E-state index contributed by atoms with van der Waals surface area (Å²) in [5.74, 6) is -0.129. The van der Waals surface area contributed by atoms with E-state index in [2.05, 4.69) is 10.6 Å². The van der Waals surface area contributed by atoms with Crippen molar-refractivity contribution in [1.82, 2.24) is 10.6 Å². The summed E-state index contributed by atoms with van der Waals surface area (Å²) in [6.45, 7) is 8.87. The molecule has 2 amide bonds. The monoisotopic (exact) mass is 218 g/mol. The van der Waals surface area contributed by atoms with E-state index in [1.165, 1.54) is 13.8 Å². The van der Waals surface area contributed by atoms with Crippen LogP contribution in [0.25, 0.3) is 0 Å². The number of amides is 2. The maximum absolute atomic E-state index is 10.4. The normalized spacial score (nSPS) is 8.53. The topological polar surface area (TPSA) is 67.4 Å². The lowest BCUT2D eigenvalue weighted by atomic mass is 10.6. The zero-order valence-corrected chi connectivity index (χ0v) is 10.1. The fourth-order valence-electron chi connectivity index (χ4n) is 0.701. The Morgan fingerprint density at radius 2 is 1.27 bits per heavy atom. The van der Waals surface area contributed by atoms with Crippen molar-refractivity contribution in [3.8, 4) is 0 Å². The Balaban J connectivity index is 0. The molecule has 5 nitrogen and oxygen atoms in total. The molecule has 0 aromatic heterocycles. The highest BCUT2D eigenvalue weighted by Crippen LogP contribution is 1.72. The van der Waals surface area contributed by atoms with Crippen molar-refractivity contribution >= 4 is 11.8 Å². The molecule has 90 valence electrons. The molecule has 0 aromatic rings. The van der Waals surface area contributed by atoms with E-state index in [1.807, 2.05) is 13.8 Å². The lowest BCUT2D eigenvalue weighted by Gasteiger charge is -2.04. The second-order valence-corrected chi connectivity index (χ2v) is 2.58. The van der Waals surface area contributed by atoms with E-state index in [4.69, 9.17) is 4.74 Å². The number of hydrogen-bond acceptors (Lipinski definition) is 3. The van der Waals surface area contributed by atoms with Gasteiger partial charge in [-0.05, 0) is 0 Å². The van der Waals surface area contributed by atoms with Crippen molar-refractivity contribution in [1.29, 1.82) is 0 Å². The van der Waals surface area contributed by atoms with Crippen molar-refractivity contribution in [2.45, 2.75) is 27.7 Å². The van der Waals surface area contributed by atoms with Crippen molar-refractivity contribution < 1.29 is 14.3 Å². The third-order valence-corrected chi connectivity index (χ3v) is 1.24. The van der Waals surface area contributed by atoms with Crippen LogP contribution < -0.4 is 10.6 Å². The fourth-order valence-corrected chi connectivity index (χ4v) is 0.701. The van der Waals surface area contributed by atoms with Crippen LogP contribution in [-0.4, -0.2) is 38.1 Å². The molecule has 0 fully saturated rings. The summed E-state index contributed by atoms with van der Waals surface area (Å²) in [6.07, 6.45) is 0. The molecule has 0 saturated carbocycles. The standard InChI is InChI=1S/C8H16N2O3.C2H6/c1-7(11)9-3-5-13-6-4-10-8(2)12;1-2/h3-6H2,1-2H3,(H,9,11)(H,10,12);1-2H3. The summed E-state index contributed by atoms with van der Waals surface area (Å²) >= 11 is 0. The molecule has 2 N–H and O–H groups in total. The Morgan fingerprint density at radius 1 is 0.933 bits per heavy atom. The maximum atomic E-state index is 10.4. The van der Waals surface area contributed by atoms with Gasteiger partial charge in [-0.1, -0.05) is 13.8 Å². The molecule has 5 heteroatoms. The molecule has 15 heavy (non-hydrogen) atoms. The molecular formula is C10H22N2O3. The van der Waals surface area contributed by atoms with Crippen molar-refractivity contribution in [2.24, 2.45) is 0 Å². The third-order valence-electron chi connectivity index (χ3n) is 1.24. The van der Waals surface area contributed by atoms with Crippen molar-refractivity contribution in [3.63, 3.8) is 0 Å². The minimum atomic E-state index is -0.0644. The molecule has 0 bridgehead atoms. The van der Waals surface area contributed by atoms with Gasteiger partial charge in [0.1, 0.15) is 0 Å². The summed E-state index contributed by atoms with van der Waals surface area (Å²) in [4.78, 5) is 20.8. The molecule has 0 atom stereocenters.